The van der Waals surface area contributed by atoms with Crippen LogP contribution in [0.4, 0.5) is 0 Å². The van der Waals surface area contributed by atoms with Gasteiger partial charge in [-0.1, -0.05) is 18.2 Å². The van der Waals surface area contributed by atoms with E-state index in [4.69, 9.17) is 15.2 Å². The van der Waals surface area contributed by atoms with E-state index in [2.05, 4.69) is 10.2 Å². The smallest absolute Gasteiger partial charge is 0.243 e. The predicted octanol–water partition coefficient (Wildman–Crippen LogP) is 0.418. The lowest BCUT2D eigenvalue weighted by molar-refractivity contribution is -0.144. The van der Waals surface area contributed by atoms with Crippen LogP contribution in [0.5, 0.6) is 5.75 Å². The van der Waals surface area contributed by atoms with Crippen molar-refractivity contribution in [3.63, 3.8) is 0 Å². The minimum Gasteiger partial charge on any atom is -0.493 e. The molecule has 4 aliphatic heterocycles. The lowest BCUT2D eigenvalue weighted by atomic mass is 10.00. The fourth-order valence-electron chi connectivity index (χ4n) is 5.21. The maximum Gasteiger partial charge on any atom is 0.243 e. The number of carbonyl (C=O) groups excluding carboxylic acids is 2. The molecule has 0 unspecified atom stereocenters. The van der Waals surface area contributed by atoms with Gasteiger partial charge in [0.15, 0.2) is 0 Å². The highest BCUT2D eigenvalue weighted by Gasteiger charge is 2.45. The maximum atomic E-state index is 13.2. The van der Waals surface area contributed by atoms with Crippen LogP contribution in [0.25, 0.3) is 0 Å². The van der Waals surface area contributed by atoms with Crippen LogP contribution in [-0.4, -0.2) is 78.7 Å². The van der Waals surface area contributed by atoms with Gasteiger partial charge >= 0.3 is 0 Å². The Morgan fingerprint density at radius 1 is 1.10 bits per heavy atom. The number of ether oxygens (including phenoxy) is 2. The summed E-state index contributed by atoms with van der Waals surface area (Å²) in [6.07, 6.45) is 3.13. The topological polar surface area (TPSA) is 97.1 Å². The van der Waals surface area contributed by atoms with Gasteiger partial charge in [-0.25, -0.2) is 0 Å². The van der Waals surface area contributed by atoms with Crippen molar-refractivity contribution in [2.45, 2.75) is 55.9 Å². The normalized spacial score (nSPS) is 32.3. The van der Waals surface area contributed by atoms with Crippen LogP contribution >= 0.6 is 0 Å². The fourth-order valence-corrected chi connectivity index (χ4v) is 5.21. The first-order chi connectivity index (χ1) is 14.6. The second-order valence-electron chi connectivity index (χ2n) is 8.81. The van der Waals surface area contributed by atoms with Crippen molar-refractivity contribution < 1.29 is 19.1 Å². The molecular formula is C22H30N4O4. The van der Waals surface area contributed by atoms with Gasteiger partial charge in [0.25, 0.3) is 0 Å². The van der Waals surface area contributed by atoms with Crippen LogP contribution < -0.4 is 15.8 Å². The van der Waals surface area contributed by atoms with Crippen molar-refractivity contribution in [1.29, 1.82) is 0 Å². The van der Waals surface area contributed by atoms with E-state index in [9.17, 15) is 9.59 Å². The number of rotatable bonds is 3. The minimum absolute atomic E-state index is 0.0741. The number of nitrogens with zero attached hydrogens (tertiary/aromatic N) is 2. The third kappa shape index (κ3) is 3.57. The number of nitrogens with two attached hydrogens (primary N) is 1. The molecule has 30 heavy (non-hydrogen) atoms. The lowest BCUT2D eigenvalue weighted by Crippen LogP contribution is -2.61. The van der Waals surface area contributed by atoms with E-state index in [0.29, 0.717) is 38.8 Å². The summed E-state index contributed by atoms with van der Waals surface area (Å²) in [4.78, 5) is 30.5. The Kier molecular flexibility index (Phi) is 5.39. The largest absolute Gasteiger partial charge is 0.493 e. The fraction of sp³-hybridized carbons (Fsp3) is 0.636. The molecule has 3 saturated heterocycles. The van der Waals surface area contributed by atoms with Crippen molar-refractivity contribution in [2.75, 3.05) is 32.9 Å². The molecule has 3 fully saturated rings. The van der Waals surface area contributed by atoms with Gasteiger partial charge in [0.1, 0.15) is 11.8 Å². The second-order valence-corrected chi connectivity index (χ2v) is 8.81. The molecule has 4 atom stereocenters. The molecule has 8 heteroatoms. The third-order valence-corrected chi connectivity index (χ3v) is 6.97. The second kappa shape index (κ2) is 8.17. The van der Waals surface area contributed by atoms with Gasteiger partial charge < -0.3 is 25.4 Å². The van der Waals surface area contributed by atoms with Gasteiger partial charge in [0, 0.05) is 31.1 Å². The Hall–Kier alpha value is -2.16. The summed E-state index contributed by atoms with van der Waals surface area (Å²) < 4.78 is 11.0. The Morgan fingerprint density at radius 2 is 1.93 bits per heavy atom. The number of carbonyl (C=O) groups is 2. The first-order valence-corrected chi connectivity index (χ1v) is 11.0. The number of para-hydroxylation sites is 1. The van der Waals surface area contributed by atoms with Crippen LogP contribution in [0.3, 0.4) is 0 Å². The molecule has 0 saturated carbocycles. The molecule has 1 aromatic carbocycles. The zero-order valence-corrected chi connectivity index (χ0v) is 17.2. The van der Waals surface area contributed by atoms with Gasteiger partial charge in [0.2, 0.25) is 11.8 Å². The lowest BCUT2D eigenvalue weighted by Gasteiger charge is -2.42. The van der Waals surface area contributed by atoms with E-state index in [1.165, 1.54) is 0 Å². The first kappa shape index (κ1) is 19.8. The number of fused-ring (bicyclic) bond motifs is 2. The predicted molar refractivity (Wildman–Crippen MR) is 110 cm³/mol. The quantitative estimate of drug-likeness (QED) is 0.744. The average molecular weight is 415 g/mol. The summed E-state index contributed by atoms with van der Waals surface area (Å²) in [6.45, 7) is 3.42. The summed E-state index contributed by atoms with van der Waals surface area (Å²) in [6, 6.07) is 7.12. The highest BCUT2D eigenvalue weighted by Crippen LogP contribution is 2.34. The Balaban J connectivity index is 1.29. The molecule has 3 N–H and O–H groups in total. The van der Waals surface area contributed by atoms with Crippen molar-refractivity contribution in [2.24, 2.45) is 5.73 Å². The number of hydrogen-bond acceptors (Lipinski definition) is 6. The Labute approximate surface area is 176 Å². The first-order valence-electron chi connectivity index (χ1n) is 11.0. The van der Waals surface area contributed by atoms with Crippen molar-refractivity contribution in [3.8, 4) is 5.75 Å². The van der Waals surface area contributed by atoms with Crippen LogP contribution in [0.2, 0.25) is 0 Å². The molecule has 162 valence electrons. The van der Waals surface area contributed by atoms with Crippen molar-refractivity contribution in [3.05, 3.63) is 29.8 Å². The summed E-state index contributed by atoms with van der Waals surface area (Å²) >= 11 is 0. The van der Waals surface area contributed by atoms with E-state index in [0.717, 1.165) is 37.1 Å². The van der Waals surface area contributed by atoms with Crippen LogP contribution in [0.15, 0.2) is 24.3 Å². The van der Waals surface area contributed by atoms with Gasteiger partial charge in [-0.3, -0.25) is 14.5 Å². The van der Waals surface area contributed by atoms with Crippen molar-refractivity contribution in [1.82, 2.24) is 15.1 Å². The Bertz CT molecular complexity index is 814. The minimum atomic E-state index is -0.606. The third-order valence-electron chi connectivity index (χ3n) is 6.97. The molecule has 4 heterocycles. The summed E-state index contributed by atoms with van der Waals surface area (Å²) in [5.41, 5.74) is 7.30. The molecule has 0 aliphatic carbocycles. The highest BCUT2D eigenvalue weighted by molar-refractivity contribution is 5.91. The number of benzene rings is 1. The van der Waals surface area contributed by atoms with E-state index in [1.54, 1.807) is 4.90 Å². The molecule has 5 rings (SSSR count). The van der Waals surface area contributed by atoms with Crippen molar-refractivity contribution >= 4 is 11.8 Å². The standard InChI is InChI=1S/C22H30N4O4/c23-17-11-25(15-12-29-13-15)9-7-14-5-6-19(26(14)22(17)28)21(27)24-18-8-10-30-20-4-2-1-3-16(18)20/h1-4,14-15,17-19H,5-13,23H2,(H,24,27)/t14-,17+,18-,19+/m1/s1. The molecule has 0 aromatic heterocycles. The van der Waals surface area contributed by atoms with Crippen LogP contribution in [0.1, 0.15) is 37.3 Å². The van der Waals surface area contributed by atoms with Gasteiger partial charge in [-0.15, -0.1) is 0 Å². The molecule has 1 aromatic rings. The SMILES string of the molecule is N[C@H]1CN(C2COC2)CC[C@H]2CC[C@@H](C(=O)N[C@@H]3CCOc4ccccc43)N2C1=O. The highest BCUT2D eigenvalue weighted by atomic mass is 16.5. The summed E-state index contributed by atoms with van der Waals surface area (Å²) in [5, 5.41) is 3.19. The van der Waals surface area contributed by atoms with E-state index >= 15 is 0 Å². The number of nitrogens with one attached hydrogen (secondary N) is 1. The van der Waals surface area contributed by atoms with E-state index in [1.807, 2.05) is 24.3 Å². The van der Waals surface area contributed by atoms with Gasteiger partial charge in [-0.05, 0) is 25.3 Å². The zero-order chi connectivity index (χ0) is 20.7. The van der Waals surface area contributed by atoms with E-state index in [-0.39, 0.29) is 23.9 Å². The molecule has 2 amide bonds. The molecular weight excluding hydrogens is 384 g/mol. The molecule has 0 spiro atoms. The summed E-state index contributed by atoms with van der Waals surface area (Å²) in [7, 11) is 0. The molecule has 4 aliphatic rings. The summed E-state index contributed by atoms with van der Waals surface area (Å²) in [5.74, 6) is 0.641. The monoisotopic (exact) mass is 414 g/mol. The van der Waals surface area contributed by atoms with E-state index < -0.39 is 12.1 Å². The zero-order valence-electron chi connectivity index (χ0n) is 17.2. The number of hydrogen-bond donors (Lipinski definition) is 2. The molecule has 8 nitrogen and oxygen atoms in total. The van der Waals surface area contributed by atoms with Crippen LogP contribution in [-0.2, 0) is 14.3 Å². The average Bonchev–Trinajstić information content (AvgIpc) is 3.13. The van der Waals surface area contributed by atoms with Gasteiger partial charge in [-0.2, -0.15) is 0 Å². The number of amides is 2. The maximum absolute atomic E-state index is 13.2. The molecule has 0 radical (unpaired) electrons. The van der Waals surface area contributed by atoms with Gasteiger partial charge in [0.05, 0.1) is 37.9 Å². The van der Waals surface area contributed by atoms with Crippen LogP contribution in [0, 0.1) is 0 Å². The Morgan fingerprint density at radius 3 is 2.73 bits per heavy atom. The molecule has 0 bridgehead atoms.